The van der Waals surface area contributed by atoms with Crippen LogP contribution < -0.4 is 5.73 Å². The fraction of sp³-hybridized carbons (Fsp3) is 0.0714. The Morgan fingerprint density at radius 1 is 1.29 bits per heavy atom. The summed E-state index contributed by atoms with van der Waals surface area (Å²) in [5, 5.41) is 4.53. The Balaban J connectivity index is 2.20. The molecule has 1 atom stereocenters. The second-order valence-corrected chi connectivity index (χ2v) is 5.77. The normalized spacial score (nSPS) is 12.4. The van der Waals surface area contributed by atoms with E-state index in [-0.39, 0.29) is 5.16 Å². The van der Waals surface area contributed by atoms with Gasteiger partial charge in [0.05, 0.1) is 28.2 Å². The van der Waals surface area contributed by atoms with E-state index in [4.69, 9.17) is 5.73 Å². The van der Waals surface area contributed by atoms with Gasteiger partial charge in [0, 0.05) is 17.4 Å². The topological polar surface area (TPSA) is 90.4 Å². The van der Waals surface area contributed by atoms with E-state index in [1.165, 1.54) is 6.26 Å². The van der Waals surface area contributed by atoms with Gasteiger partial charge >= 0.3 is 0 Å². The Hall–Kier alpha value is -2.54. The van der Waals surface area contributed by atoms with Gasteiger partial charge in [0.25, 0.3) is 0 Å². The molecule has 1 unspecified atom stereocenters. The number of primary amides is 1. The van der Waals surface area contributed by atoms with Crippen LogP contribution in [0.5, 0.6) is 0 Å². The third-order valence-electron chi connectivity index (χ3n) is 3.08. The third kappa shape index (κ3) is 2.43. The maximum absolute atomic E-state index is 11.5. The van der Waals surface area contributed by atoms with Crippen LogP contribution in [0.2, 0.25) is 0 Å². The number of benzene rings is 1. The van der Waals surface area contributed by atoms with Gasteiger partial charge in [-0.25, -0.2) is 9.50 Å². The van der Waals surface area contributed by atoms with Crippen molar-refractivity contribution >= 4 is 22.2 Å². The van der Waals surface area contributed by atoms with Crippen molar-refractivity contribution in [3.63, 3.8) is 0 Å². The first-order valence-electron chi connectivity index (χ1n) is 6.15. The van der Waals surface area contributed by atoms with Gasteiger partial charge in [0.2, 0.25) is 11.1 Å². The number of carbonyl (C=O) groups excluding carboxylic acids is 1. The van der Waals surface area contributed by atoms with E-state index in [0.29, 0.717) is 5.56 Å². The van der Waals surface area contributed by atoms with E-state index in [1.807, 2.05) is 18.2 Å². The van der Waals surface area contributed by atoms with E-state index in [2.05, 4.69) is 10.1 Å². The molecule has 0 aliphatic heterocycles. The molecule has 3 rings (SSSR count). The molecule has 2 heterocycles. The third-order valence-corrected chi connectivity index (χ3v) is 3.78. The molecule has 0 aliphatic carbocycles. The summed E-state index contributed by atoms with van der Waals surface area (Å²) in [6.45, 7) is 0. The minimum atomic E-state index is -1.26. The molecule has 7 heteroatoms. The number of amides is 1. The van der Waals surface area contributed by atoms with E-state index >= 15 is 0 Å². The van der Waals surface area contributed by atoms with E-state index in [1.54, 1.807) is 28.9 Å². The monoisotopic (exact) mass is 300 g/mol. The molecule has 2 aromatic heterocycles. The van der Waals surface area contributed by atoms with Crippen LogP contribution in [0.4, 0.5) is 0 Å². The molecule has 106 valence electrons. The van der Waals surface area contributed by atoms with Crippen LogP contribution in [0.25, 0.3) is 16.8 Å². The summed E-state index contributed by atoms with van der Waals surface area (Å²) in [5.41, 5.74) is 8.09. The lowest BCUT2D eigenvalue weighted by Crippen LogP contribution is -2.10. The Kier molecular flexibility index (Phi) is 3.26. The van der Waals surface area contributed by atoms with Gasteiger partial charge in [-0.3, -0.25) is 9.00 Å². The first-order chi connectivity index (χ1) is 10.1. The zero-order chi connectivity index (χ0) is 15.0. The highest BCUT2D eigenvalue weighted by molar-refractivity contribution is 7.84. The number of nitrogens with zero attached hydrogens (tertiary/aromatic N) is 3. The fourth-order valence-corrected chi connectivity index (χ4v) is 2.47. The maximum atomic E-state index is 11.5. The van der Waals surface area contributed by atoms with Crippen LogP contribution in [0.1, 0.15) is 10.4 Å². The quantitative estimate of drug-likeness (QED) is 0.787. The van der Waals surface area contributed by atoms with Crippen LogP contribution in [0.3, 0.4) is 0 Å². The van der Waals surface area contributed by atoms with Crippen molar-refractivity contribution in [2.24, 2.45) is 5.73 Å². The largest absolute Gasteiger partial charge is 0.366 e. The summed E-state index contributed by atoms with van der Waals surface area (Å²) in [6, 6.07) is 10.7. The van der Waals surface area contributed by atoms with Crippen LogP contribution in [0, 0.1) is 0 Å². The SMILES string of the molecule is CS(=O)c1ncc2ccc(-c3cccc(C(N)=O)c3)n2n1. The van der Waals surface area contributed by atoms with Gasteiger partial charge < -0.3 is 5.73 Å². The molecule has 2 N–H and O–H groups in total. The van der Waals surface area contributed by atoms with Crippen LogP contribution in [-0.2, 0) is 10.8 Å². The highest BCUT2D eigenvalue weighted by Crippen LogP contribution is 2.22. The number of hydrogen-bond acceptors (Lipinski definition) is 4. The molecule has 0 spiro atoms. The summed E-state index contributed by atoms with van der Waals surface area (Å²) in [7, 11) is -1.26. The Labute approximate surface area is 123 Å². The van der Waals surface area contributed by atoms with Gasteiger partial charge in [-0.2, -0.15) is 0 Å². The lowest BCUT2D eigenvalue weighted by Gasteiger charge is -2.04. The van der Waals surface area contributed by atoms with Crippen molar-refractivity contribution in [3.05, 3.63) is 48.2 Å². The number of fused-ring (bicyclic) bond motifs is 1. The molecule has 0 bridgehead atoms. The summed E-state index contributed by atoms with van der Waals surface area (Å²) in [5.74, 6) is -0.484. The molecular formula is C14H12N4O2S. The van der Waals surface area contributed by atoms with Crippen molar-refractivity contribution < 1.29 is 9.00 Å². The molecule has 6 nitrogen and oxygen atoms in total. The summed E-state index contributed by atoms with van der Waals surface area (Å²) >= 11 is 0. The average molecular weight is 300 g/mol. The van der Waals surface area contributed by atoms with Crippen molar-refractivity contribution in [2.75, 3.05) is 6.26 Å². The maximum Gasteiger partial charge on any atom is 0.248 e. The fourth-order valence-electron chi connectivity index (χ4n) is 2.07. The standard InChI is InChI=1S/C14H12N4O2S/c1-21(20)14-16-8-11-5-6-12(18(11)17-14)9-3-2-4-10(7-9)13(15)19/h2-8H,1H3,(H2,15,19). The molecule has 0 fully saturated rings. The molecule has 0 saturated carbocycles. The number of hydrogen-bond donors (Lipinski definition) is 1. The summed E-state index contributed by atoms with van der Waals surface area (Å²) in [6.07, 6.45) is 3.14. The molecule has 0 radical (unpaired) electrons. The van der Waals surface area contributed by atoms with Gasteiger partial charge in [-0.1, -0.05) is 12.1 Å². The van der Waals surface area contributed by atoms with Gasteiger partial charge in [-0.15, -0.1) is 5.10 Å². The van der Waals surface area contributed by atoms with Crippen molar-refractivity contribution in [2.45, 2.75) is 5.16 Å². The second-order valence-electron chi connectivity index (χ2n) is 4.50. The van der Waals surface area contributed by atoms with Gasteiger partial charge in [0.15, 0.2) is 0 Å². The van der Waals surface area contributed by atoms with Gasteiger partial charge in [-0.05, 0) is 24.3 Å². The second kappa shape index (κ2) is 5.10. The molecule has 3 aromatic rings. The number of nitrogens with two attached hydrogens (primary N) is 1. The van der Waals surface area contributed by atoms with E-state index in [9.17, 15) is 9.00 Å². The minimum absolute atomic E-state index is 0.256. The van der Waals surface area contributed by atoms with Gasteiger partial charge in [0.1, 0.15) is 0 Å². The Morgan fingerprint density at radius 2 is 2.10 bits per heavy atom. The predicted octanol–water partition coefficient (Wildman–Crippen LogP) is 1.23. The van der Waals surface area contributed by atoms with E-state index in [0.717, 1.165) is 16.8 Å². The molecule has 0 aliphatic rings. The zero-order valence-corrected chi connectivity index (χ0v) is 12.0. The highest BCUT2D eigenvalue weighted by atomic mass is 32.2. The van der Waals surface area contributed by atoms with Crippen LogP contribution in [0.15, 0.2) is 47.8 Å². The number of rotatable bonds is 3. The lowest BCUT2D eigenvalue weighted by molar-refractivity contribution is 0.100. The number of carbonyl (C=O) groups is 1. The molecule has 21 heavy (non-hydrogen) atoms. The minimum Gasteiger partial charge on any atom is -0.366 e. The Bertz CT molecular complexity index is 872. The van der Waals surface area contributed by atoms with Crippen molar-refractivity contribution in [1.29, 1.82) is 0 Å². The van der Waals surface area contributed by atoms with Crippen molar-refractivity contribution in [1.82, 2.24) is 14.6 Å². The lowest BCUT2D eigenvalue weighted by atomic mass is 10.1. The summed E-state index contributed by atoms with van der Waals surface area (Å²) in [4.78, 5) is 15.3. The van der Waals surface area contributed by atoms with E-state index < -0.39 is 16.7 Å². The number of aromatic nitrogens is 3. The highest BCUT2D eigenvalue weighted by Gasteiger charge is 2.10. The predicted molar refractivity (Wildman–Crippen MR) is 79.3 cm³/mol. The average Bonchev–Trinajstić information content (AvgIpc) is 2.90. The smallest absolute Gasteiger partial charge is 0.248 e. The van der Waals surface area contributed by atoms with Crippen molar-refractivity contribution in [3.8, 4) is 11.3 Å². The molecular weight excluding hydrogens is 288 g/mol. The summed E-state index contributed by atoms with van der Waals surface area (Å²) < 4.78 is 13.2. The first-order valence-corrected chi connectivity index (χ1v) is 7.70. The zero-order valence-electron chi connectivity index (χ0n) is 11.2. The molecule has 0 saturated heterocycles. The first kappa shape index (κ1) is 13.4. The molecule has 1 amide bonds. The molecule has 1 aromatic carbocycles. The van der Waals surface area contributed by atoms with Crippen LogP contribution >= 0.6 is 0 Å². The van der Waals surface area contributed by atoms with Crippen LogP contribution in [-0.4, -0.2) is 31.0 Å². The Morgan fingerprint density at radius 3 is 2.81 bits per heavy atom.